The van der Waals surface area contributed by atoms with Gasteiger partial charge >= 0.3 is 6.09 Å². The summed E-state index contributed by atoms with van der Waals surface area (Å²) in [5.41, 5.74) is 2.16. The van der Waals surface area contributed by atoms with Gasteiger partial charge in [0.05, 0.1) is 11.1 Å². The van der Waals surface area contributed by atoms with Gasteiger partial charge in [0.1, 0.15) is 12.4 Å². The van der Waals surface area contributed by atoms with Crippen LogP contribution < -0.4 is 10.6 Å². The number of carbonyl (C=O) groups is 1. The second kappa shape index (κ2) is 12.0. The van der Waals surface area contributed by atoms with Gasteiger partial charge in [0.2, 0.25) is 5.28 Å². The van der Waals surface area contributed by atoms with Gasteiger partial charge in [-0.2, -0.15) is 0 Å². The lowest BCUT2D eigenvalue weighted by Crippen LogP contribution is -2.47. The van der Waals surface area contributed by atoms with Crippen LogP contribution in [0.5, 0.6) is 0 Å². The number of carbonyl (C=O) groups excluding carboxylic acids is 1. The number of ether oxygens (including phenoxy) is 3. The Labute approximate surface area is 199 Å². The van der Waals surface area contributed by atoms with Crippen molar-refractivity contribution in [3.63, 3.8) is 0 Å². The van der Waals surface area contributed by atoms with Crippen LogP contribution in [-0.4, -0.2) is 41.4 Å². The van der Waals surface area contributed by atoms with E-state index in [9.17, 15) is 4.79 Å². The van der Waals surface area contributed by atoms with E-state index in [0.717, 1.165) is 24.0 Å². The van der Waals surface area contributed by atoms with Crippen molar-refractivity contribution < 1.29 is 19.0 Å². The lowest BCUT2D eigenvalue weighted by Gasteiger charge is -2.32. The summed E-state index contributed by atoms with van der Waals surface area (Å²) >= 11 is 6.11. The molecule has 1 heterocycles. The topological polar surface area (TPSA) is 94.6 Å². The summed E-state index contributed by atoms with van der Waals surface area (Å²) in [4.78, 5) is 20.9. The van der Waals surface area contributed by atoms with Crippen molar-refractivity contribution in [1.82, 2.24) is 15.3 Å². The summed E-state index contributed by atoms with van der Waals surface area (Å²) in [6.45, 7) is 9.38. The van der Waals surface area contributed by atoms with Crippen molar-refractivity contribution in [2.45, 2.75) is 51.5 Å². The standard InChI is InChI=1S/C24H31ClN4O4/c1-4-31-21(32-5-2)19-14-26-22(25)28-20(19)29-24(12-11-17(3)13-24)16-27-23(30)33-15-18-9-7-6-8-10-18/h6-10,14,21H,3-5,11-13,15-16H2,1-2H3,(H,27,30)(H,26,28,29). The molecule has 0 saturated heterocycles. The summed E-state index contributed by atoms with van der Waals surface area (Å²) in [5.74, 6) is 0.510. The fraction of sp³-hybridized carbons (Fsp3) is 0.458. The molecule has 1 atom stereocenters. The van der Waals surface area contributed by atoms with Crippen molar-refractivity contribution in [1.29, 1.82) is 0 Å². The first-order chi connectivity index (χ1) is 15.9. The minimum atomic E-state index is -0.634. The zero-order valence-corrected chi connectivity index (χ0v) is 19.9. The zero-order valence-electron chi connectivity index (χ0n) is 19.1. The molecule has 0 aliphatic heterocycles. The molecule has 33 heavy (non-hydrogen) atoms. The number of amides is 1. The summed E-state index contributed by atoms with van der Waals surface area (Å²) in [5, 5.41) is 6.49. The number of rotatable bonds is 11. The normalized spacial score (nSPS) is 17.9. The average Bonchev–Trinajstić information content (AvgIpc) is 3.17. The Kier molecular flexibility index (Phi) is 9.05. The molecule has 2 N–H and O–H groups in total. The molecule has 9 heteroatoms. The van der Waals surface area contributed by atoms with E-state index in [2.05, 4.69) is 27.2 Å². The van der Waals surface area contributed by atoms with Gasteiger partial charge in [0, 0.05) is 26.0 Å². The van der Waals surface area contributed by atoms with Crippen LogP contribution in [0.2, 0.25) is 5.28 Å². The molecule has 0 bridgehead atoms. The number of nitrogens with one attached hydrogen (secondary N) is 2. The van der Waals surface area contributed by atoms with Crippen molar-refractivity contribution in [3.8, 4) is 0 Å². The number of nitrogens with zero attached hydrogens (tertiary/aromatic N) is 2. The van der Waals surface area contributed by atoms with Gasteiger partial charge in [-0.15, -0.1) is 0 Å². The predicted molar refractivity (Wildman–Crippen MR) is 127 cm³/mol. The Hall–Kier alpha value is -2.68. The zero-order chi connectivity index (χ0) is 23.7. The molecule has 0 radical (unpaired) electrons. The lowest BCUT2D eigenvalue weighted by molar-refractivity contribution is -0.140. The third-order valence-electron chi connectivity index (χ3n) is 5.39. The van der Waals surface area contributed by atoms with Gasteiger partial charge in [0.25, 0.3) is 0 Å². The monoisotopic (exact) mass is 474 g/mol. The Morgan fingerprint density at radius 1 is 1.24 bits per heavy atom. The molecule has 1 saturated carbocycles. The second-order valence-electron chi connectivity index (χ2n) is 7.93. The van der Waals surface area contributed by atoms with Crippen LogP contribution >= 0.6 is 11.6 Å². The highest BCUT2D eigenvalue weighted by atomic mass is 35.5. The summed E-state index contributed by atoms with van der Waals surface area (Å²) in [6, 6.07) is 9.54. The molecule has 0 spiro atoms. The molecular formula is C24H31ClN4O4. The van der Waals surface area contributed by atoms with Crippen molar-refractivity contribution in [2.75, 3.05) is 25.1 Å². The number of halogens is 1. The number of hydrogen-bond acceptors (Lipinski definition) is 7. The van der Waals surface area contributed by atoms with Crippen molar-refractivity contribution in [2.24, 2.45) is 0 Å². The summed E-state index contributed by atoms with van der Waals surface area (Å²) in [6.07, 6.45) is 2.75. The minimum Gasteiger partial charge on any atom is -0.445 e. The summed E-state index contributed by atoms with van der Waals surface area (Å²) in [7, 11) is 0. The van der Waals surface area contributed by atoms with Gasteiger partial charge in [-0.1, -0.05) is 42.5 Å². The maximum atomic E-state index is 12.4. The molecule has 2 aromatic rings. The SMILES string of the molecule is C=C1CCC(CNC(=O)OCc2ccccc2)(Nc2nc(Cl)ncc2C(OCC)OCC)C1. The fourth-order valence-corrected chi connectivity index (χ4v) is 3.95. The highest BCUT2D eigenvalue weighted by Gasteiger charge is 2.38. The van der Waals surface area contributed by atoms with Crippen LogP contribution in [-0.2, 0) is 20.8 Å². The highest BCUT2D eigenvalue weighted by Crippen LogP contribution is 2.37. The van der Waals surface area contributed by atoms with E-state index >= 15 is 0 Å². The van der Waals surface area contributed by atoms with Crippen LogP contribution in [0.4, 0.5) is 10.6 Å². The second-order valence-corrected chi connectivity index (χ2v) is 8.27. The Bertz CT molecular complexity index is 937. The molecule has 1 aliphatic carbocycles. The van der Waals surface area contributed by atoms with E-state index in [1.54, 1.807) is 6.20 Å². The number of benzene rings is 1. The fourth-order valence-electron chi connectivity index (χ4n) is 3.81. The maximum absolute atomic E-state index is 12.4. The molecule has 3 rings (SSSR count). The predicted octanol–water partition coefficient (Wildman–Crippen LogP) is 5.02. The minimum absolute atomic E-state index is 0.107. The van der Waals surface area contributed by atoms with E-state index in [-0.39, 0.29) is 11.9 Å². The van der Waals surface area contributed by atoms with Crippen molar-refractivity contribution >= 4 is 23.5 Å². The third-order valence-corrected chi connectivity index (χ3v) is 5.57. The molecule has 1 aliphatic rings. The van der Waals surface area contributed by atoms with Gasteiger partial charge in [0.15, 0.2) is 6.29 Å². The lowest BCUT2D eigenvalue weighted by atomic mass is 9.96. The molecule has 8 nitrogen and oxygen atoms in total. The maximum Gasteiger partial charge on any atom is 0.407 e. The van der Waals surface area contributed by atoms with E-state index in [1.165, 1.54) is 0 Å². The number of anilines is 1. The highest BCUT2D eigenvalue weighted by molar-refractivity contribution is 6.28. The molecular weight excluding hydrogens is 444 g/mol. The van der Waals surface area contributed by atoms with Crippen molar-refractivity contribution in [3.05, 3.63) is 65.1 Å². The number of hydrogen-bond donors (Lipinski definition) is 2. The molecule has 1 unspecified atom stereocenters. The Balaban J connectivity index is 1.73. The molecule has 1 amide bonds. The molecule has 1 fully saturated rings. The van der Waals surface area contributed by atoms with Gasteiger partial charge in [-0.25, -0.2) is 14.8 Å². The average molecular weight is 475 g/mol. The first kappa shape index (κ1) is 25.0. The first-order valence-electron chi connectivity index (χ1n) is 11.1. The van der Waals surface area contributed by atoms with Crippen LogP contribution in [0.1, 0.15) is 50.5 Å². The van der Waals surface area contributed by atoms with Gasteiger partial charge in [-0.3, -0.25) is 0 Å². The number of aromatic nitrogens is 2. The molecule has 178 valence electrons. The molecule has 1 aromatic heterocycles. The van der Waals surface area contributed by atoms with Crippen LogP contribution in [0.15, 0.2) is 48.7 Å². The van der Waals surface area contributed by atoms with E-state index < -0.39 is 17.9 Å². The largest absolute Gasteiger partial charge is 0.445 e. The van der Waals surface area contributed by atoms with Gasteiger partial charge in [-0.05, 0) is 50.3 Å². The quantitative estimate of drug-likeness (QED) is 0.268. The Morgan fingerprint density at radius 2 is 1.97 bits per heavy atom. The van der Waals surface area contributed by atoms with E-state index in [1.807, 2.05) is 44.2 Å². The van der Waals surface area contributed by atoms with Crippen LogP contribution in [0, 0.1) is 0 Å². The van der Waals surface area contributed by atoms with Crippen LogP contribution in [0.25, 0.3) is 0 Å². The Morgan fingerprint density at radius 3 is 2.61 bits per heavy atom. The smallest absolute Gasteiger partial charge is 0.407 e. The molecule has 1 aromatic carbocycles. The van der Waals surface area contributed by atoms with E-state index in [4.69, 9.17) is 25.8 Å². The van der Waals surface area contributed by atoms with Gasteiger partial charge < -0.3 is 24.8 Å². The first-order valence-corrected chi connectivity index (χ1v) is 11.5. The third kappa shape index (κ3) is 7.15. The summed E-state index contributed by atoms with van der Waals surface area (Å²) < 4.78 is 16.9. The van der Waals surface area contributed by atoms with Crippen LogP contribution in [0.3, 0.4) is 0 Å². The van der Waals surface area contributed by atoms with E-state index in [0.29, 0.717) is 37.6 Å². The number of alkyl carbamates (subject to hydrolysis) is 1.